The van der Waals surface area contributed by atoms with Gasteiger partial charge in [-0.2, -0.15) is 0 Å². The summed E-state index contributed by atoms with van der Waals surface area (Å²) < 4.78 is 7.75. The van der Waals surface area contributed by atoms with Crippen LogP contribution < -0.4 is 16.6 Å². The Balaban J connectivity index is 1.46. The molecule has 0 aromatic carbocycles. The fourth-order valence-electron chi connectivity index (χ4n) is 4.90. The third-order valence-corrected chi connectivity index (χ3v) is 7.12. The van der Waals surface area contributed by atoms with Gasteiger partial charge >= 0.3 is 5.69 Å². The Morgan fingerprint density at radius 1 is 1.34 bits per heavy atom. The molecule has 4 rings (SSSR count). The molecule has 3 aliphatic heterocycles. The molecule has 0 unspecified atom stereocenters. The number of carbonyl (C=O) groups excluding carboxylic acids is 1. The smallest absolute Gasteiger partial charge is 0.328 e. The van der Waals surface area contributed by atoms with E-state index in [-0.39, 0.29) is 23.0 Å². The number of likely N-dealkylation sites (tertiary alicyclic amines) is 1. The molecule has 3 saturated heterocycles. The predicted molar refractivity (Wildman–Crippen MR) is 109 cm³/mol. The number of H-pyrrole nitrogens is 1. The van der Waals surface area contributed by atoms with Gasteiger partial charge in [0.2, 0.25) is 5.91 Å². The highest BCUT2D eigenvalue weighted by Gasteiger charge is 2.50. The highest BCUT2D eigenvalue weighted by atomic mass is 79.9. The van der Waals surface area contributed by atoms with E-state index in [4.69, 9.17) is 4.74 Å². The normalized spacial score (nSPS) is 31.9. The lowest BCUT2D eigenvalue weighted by Gasteiger charge is -2.51. The first-order chi connectivity index (χ1) is 13.7. The van der Waals surface area contributed by atoms with E-state index in [1.807, 2.05) is 4.90 Å². The summed E-state index contributed by atoms with van der Waals surface area (Å²) in [6.45, 7) is 3.95. The molecule has 0 bridgehead atoms. The second-order valence-corrected chi connectivity index (χ2v) is 9.52. The summed E-state index contributed by atoms with van der Waals surface area (Å²) in [5.41, 5.74) is -2.79. The number of nitrogens with zero attached hydrogens (tertiary/aromatic N) is 2. The van der Waals surface area contributed by atoms with E-state index in [1.54, 1.807) is 6.92 Å². The van der Waals surface area contributed by atoms with Gasteiger partial charge < -0.3 is 20.1 Å². The van der Waals surface area contributed by atoms with Crippen molar-refractivity contribution in [3.05, 3.63) is 31.5 Å². The second kappa shape index (κ2) is 7.64. The van der Waals surface area contributed by atoms with E-state index in [1.165, 1.54) is 10.8 Å². The highest BCUT2D eigenvalue weighted by molar-refractivity contribution is 9.10. The average Bonchev–Trinajstić information content (AvgIpc) is 3.19. The molecule has 3 N–H and O–H groups in total. The molecule has 10 heteroatoms. The number of aliphatic hydroxyl groups is 1. The molecule has 1 aromatic heterocycles. The van der Waals surface area contributed by atoms with Gasteiger partial charge in [-0.1, -0.05) is 0 Å². The zero-order valence-corrected chi connectivity index (χ0v) is 18.0. The first kappa shape index (κ1) is 20.8. The molecule has 3 fully saturated rings. The van der Waals surface area contributed by atoms with Crippen molar-refractivity contribution in [3.63, 3.8) is 0 Å². The molecular formula is C19H27BrN4O5. The molecule has 1 aromatic rings. The van der Waals surface area contributed by atoms with Gasteiger partial charge in [-0.3, -0.25) is 19.1 Å². The van der Waals surface area contributed by atoms with E-state index >= 15 is 0 Å². The summed E-state index contributed by atoms with van der Waals surface area (Å²) in [6.07, 6.45) is 4.98. The van der Waals surface area contributed by atoms with E-state index in [9.17, 15) is 19.5 Å². The Kier molecular flexibility index (Phi) is 5.47. The van der Waals surface area contributed by atoms with Gasteiger partial charge in [-0.05, 0) is 55.1 Å². The maximum Gasteiger partial charge on any atom is 0.328 e. The molecule has 1 amide bonds. The zero-order valence-electron chi connectivity index (χ0n) is 16.4. The van der Waals surface area contributed by atoms with Crippen LogP contribution in [0.1, 0.15) is 45.1 Å². The maximum absolute atomic E-state index is 12.6. The summed E-state index contributed by atoms with van der Waals surface area (Å²) >= 11 is 3.13. The minimum atomic E-state index is -1.20. The van der Waals surface area contributed by atoms with Crippen LogP contribution in [0.2, 0.25) is 0 Å². The predicted octanol–water partition coefficient (Wildman–Crippen LogP) is 0.125. The summed E-state index contributed by atoms with van der Waals surface area (Å²) in [5.74, 6) is 0.155. The third kappa shape index (κ3) is 3.95. The number of aromatic amines is 1. The molecule has 0 aliphatic carbocycles. The Labute approximate surface area is 176 Å². The van der Waals surface area contributed by atoms with Crippen molar-refractivity contribution in [2.45, 2.75) is 62.3 Å². The maximum atomic E-state index is 12.6. The van der Waals surface area contributed by atoms with Crippen molar-refractivity contribution in [2.24, 2.45) is 0 Å². The summed E-state index contributed by atoms with van der Waals surface area (Å²) in [4.78, 5) is 40.6. The molecule has 3 atom stereocenters. The minimum Gasteiger partial charge on any atom is -0.388 e. The van der Waals surface area contributed by atoms with Gasteiger partial charge in [0, 0.05) is 25.7 Å². The number of amides is 1. The lowest BCUT2D eigenvalue weighted by molar-refractivity contribution is -0.198. The molecule has 4 heterocycles. The quantitative estimate of drug-likeness (QED) is 0.565. The number of rotatable bonds is 2. The Bertz CT molecular complexity index is 897. The molecule has 160 valence electrons. The van der Waals surface area contributed by atoms with Gasteiger partial charge in [0.25, 0.3) is 5.56 Å². The summed E-state index contributed by atoms with van der Waals surface area (Å²) in [7, 11) is 0. The zero-order chi connectivity index (χ0) is 20.8. The van der Waals surface area contributed by atoms with Crippen LogP contribution >= 0.6 is 15.9 Å². The van der Waals surface area contributed by atoms with Crippen LogP contribution in [0.25, 0.3) is 0 Å². The van der Waals surface area contributed by atoms with E-state index in [0.29, 0.717) is 32.4 Å². The third-order valence-electron chi connectivity index (χ3n) is 6.55. The number of piperidine rings is 1. The van der Waals surface area contributed by atoms with Crippen molar-refractivity contribution in [2.75, 3.05) is 26.2 Å². The fourth-order valence-corrected chi connectivity index (χ4v) is 5.22. The number of nitrogens with one attached hydrogen (secondary N) is 2. The molecule has 1 spiro atoms. The monoisotopic (exact) mass is 470 g/mol. The van der Waals surface area contributed by atoms with Gasteiger partial charge in [-0.15, -0.1) is 0 Å². The number of carbonyl (C=O) groups is 1. The van der Waals surface area contributed by atoms with Crippen LogP contribution in [0.15, 0.2) is 20.3 Å². The topological polar surface area (TPSA) is 117 Å². The van der Waals surface area contributed by atoms with Crippen molar-refractivity contribution in [1.29, 1.82) is 0 Å². The van der Waals surface area contributed by atoms with Gasteiger partial charge in [0.05, 0.1) is 34.4 Å². The standard InChI is InChI=1S/C19H27BrN4O5/c1-18(28)11-19(4-7-23(8-5-19)16(26)13-3-2-6-21-13)29-10-14(18)24-9-12(20)15(25)22-17(24)27/h9,13-14,21,28H,2-8,10-11H2,1H3,(H,22,25,27)/t13-,14+,18+/m0/s1. The molecule has 0 radical (unpaired) electrons. The largest absolute Gasteiger partial charge is 0.388 e. The summed E-state index contributed by atoms with van der Waals surface area (Å²) in [6, 6.07) is -0.689. The van der Waals surface area contributed by atoms with Gasteiger partial charge in [0.15, 0.2) is 0 Å². The van der Waals surface area contributed by atoms with E-state index in [0.717, 1.165) is 19.4 Å². The van der Waals surface area contributed by atoms with Gasteiger partial charge in [0.1, 0.15) is 0 Å². The lowest BCUT2D eigenvalue weighted by Crippen LogP contribution is -2.60. The Hall–Kier alpha value is -1.49. The number of hydrogen-bond acceptors (Lipinski definition) is 6. The SMILES string of the molecule is C[C@@]1(O)CC2(CCN(C(=O)[C@@H]3CCCN3)CC2)OC[C@H]1n1cc(Br)c(=O)[nH]c1=O. The molecule has 29 heavy (non-hydrogen) atoms. The molecular weight excluding hydrogens is 444 g/mol. The minimum absolute atomic E-state index is 0.0747. The van der Waals surface area contributed by atoms with Crippen LogP contribution in [-0.2, 0) is 9.53 Å². The number of ether oxygens (including phenoxy) is 1. The first-order valence-corrected chi connectivity index (χ1v) is 10.9. The Morgan fingerprint density at radius 3 is 2.69 bits per heavy atom. The highest BCUT2D eigenvalue weighted by Crippen LogP contribution is 2.43. The summed E-state index contributed by atoms with van der Waals surface area (Å²) in [5, 5.41) is 14.5. The van der Waals surface area contributed by atoms with Gasteiger partial charge in [-0.25, -0.2) is 4.79 Å². The van der Waals surface area contributed by atoms with Crippen LogP contribution in [-0.4, -0.2) is 68.9 Å². The fraction of sp³-hybridized carbons (Fsp3) is 0.737. The molecule has 3 aliphatic rings. The van der Waals surface area contributed by atoms with Crippen molar-refractivity contribution in [3.8, 4) is 0 Å². The van der Waals surface area contributed by atoms with E-state index in [2.05, 4.69) is 26.2 Å². The number of aromatic nitrogens is 2. The first-order valence-electron chi connectivity index (χ1n) is 10.1. The van der Waals surface area contributed by atoms with Crippen LogP contribution in [0.5, 0.6) is 0 Å². The lowest BCUT2D eigenvalue weighted by atomic mass is 9.75. The van der Waals surface area contributed by atoms with Crippen molar-refractivity contribution >= 4 is 21.8 Å². The molecule has 9 nitrogen and oxygen atoms in total. The molecule has 0 saturated carbocycles. The average molecular weight is 471 g/mol. The Morgan fingerprint density at radius 2 is 2.07 bits per heavy atom. The van der Waals surface area contributed by atoms with Crippen molar-refractivity contribution in [1.82, 2.24) is 19.8 Å². The van der Waals surface area contributed by atoms with Crippen LogP contribution in [0, 0.1) is 0 Å². The number of hydrogen-bond donors (Lipinski definition) is 3. The van der Waals surface area contributed by atoms with Crippen molar-refractivity contribution < 1.29 is 14.6 Å². The van der Waals surface area contributed by atoms with Crippen LogP contribution in [0.4, 0.5) is 0 Å². The van der Waals surface area contributed by atoms with Crippen LogP contribution in [0.3, 0.4) is 0 Å². The number of halogens is 1. The van der Waals surface area contributed by atoms with E-state index < -0.39 is 28.5 Å². The second-order valence-electron chi connectivity index (χ2n) is 8.66.